The van der Waals surface area contributed by atoms with Crippen molar-refractivity contribution in [2.75, 3.05) is 5.73 Å². The third-order valence-electron chi connectivity index (χ3n) is 3.45. The van der Waals surface area contributed by atoms with E-state index < -0.39 is 0 Å². The summed E-state index contributed by atoms with van der Waals surface area (Å²) in [5.74, 6) is -0.287. The number of anilines is 1. The van der Waals surface area contributed by atoms with Crippen LogP contribution in [0.5, 0.6) is 0 Å². The first-order valence-electron chi connectivity index (χ1n) is 6.92. The third kappa shape index (κ3) is 2.69. The molecule has 110 valence electrons. The van der Waals surface area contributed by atoms with Crippen LogP contribution in [0.25, 0.3) is 10.9 Å². The summed E-state index contributed by atoms with van der Waals surface area (Å²) in [4.78, 5) is 15.2. The van der Waals surface area contributed by atoms with Gasteiger partial charge in [0, 0.05) is 22.2 Å². The minimum absolute atomic E-state index is 0.287. The molecule has 5 heteroatoms. The van der Waals surface area contributed by atoms with Gasteiger partial charge >= 0.3 is 0 Å². The van der Waals surface area contributed by atoms with Gasteiger partial charge in [-0.05, 0) is 25.1 Å². The van der Waals surface area contributed by atoms with E-state index in [1.54, 1.807) is 19.1 Å². The van der Waals surface area contributed by atoms with Gasteiger partial charge in [-0.2, -0.15) is 5.10 Å². The lowest BCUT2D eigenvalue weighted by Gasteiger charge is -2.04. The van der Waals surface area contributed by atoms with Crippen molar-refractivity contribution in [2.45, 2.75) is 6.92 Å². The second-order valence-electron chi connectivity index (χ2n) is 5.00. The van der Waals surface area contributed by atoms with E-state index >= 15 is 0 Å². The number of H-pyrrole nitrogens is 1. The molecule has 4 N–H and O–H groups in total. The summed E-state index contributed by atoms with van der Waals surface area (Å²) in [6, 6.07) is 16.9. The fourth-order valence-electron chi connectivity index (χ4n) is 2.28. The molecule has 3 rings (SSSR count). The van der Waals surface area contributed by atoms with Crippen molar-refractivity contribution in [3.8, 4) is 0 Å². The number of aromatic amines is 1. The molecule has 5 nitrogen and oxygen atoms in total. The number of nitrogens with one attached hydrogen (secondary N) is 2. The Morgan fingerprint density at radius 3 is 2.64 bits per heavy atom. The predicted molar refractivity (Wildman–Crippen MR) is 88.8 cm³/mol. The number of rotatable bonds is 3. The van der Waals surface area contributed by atoms with Crippen LogP contribution >= 0.6 is 0 Å². The Labute approximate surface area is 127 Å². The van der Waals surface area contributed by atoms with Gasteiger partial charge in [0.1, 0.15) is 5.69 Å². The van der Waals surface area contributed by atoms with Crippen LogP contribution in [-0.4, -0.2) is 16.6 Å². The van der Waals surface area contributed by atoms with Crippen LogP contribution in [0.15, 0.2) is 59.7 Å². The van der Waals surface area contributed by atoms with Crippen molar-refractivity contribution in [3.05, 3.63) is 65.9 Å². The van der Waals surface area contributed by atoms with Crippen molar-refractivity contribution >= 4 is 28.2 Å². The molecule has 1 heterocycles. The van der Waals surface area contributed by atoms with E-state index in [4.69, 9.17) is 5.73 Å². The van der Waals surface area contributed by atoms with Crippen LogP contribution in [0.4, 0.5) is 5.69 Å². The van der Waals surface area contributed by atoms with Crippen molar-refractivity contribution < 1.29 is 4.79 Å². The molecule has 0 fully saturated rings. The highest BCUT2D eigenvalue weighted by molar-refractivity contribution is 6.04. The Morgan fingerprint density at radius 1 is 1.14 bits per heavy atom. The first-order valence-corrected chi connectivity index (χ1v) is 6.92. The van der Waals surface area contributed by atoms with Gasteiger partial charge in [-0.25, -0.2) is 5.43 Å². The second-order valence-corrected chi connectivity index (χ2v) is 5.00. The van der Waals surface area contributed by atoms with Crippen LogP contribution < -0.4 is 11.2 Å². The van der Waals surface area contributed by atoms with Crippen LogP contribution in [0.3, 0.4) is 0 Å². The summed E-state index contributed by atoms with van der Waals surface area (Å²) < 4.78 is 0. The van der Waals surface area contributed by atoms with Gasteiger partial charge in [0.2, 0.25) is 0 Å². The number of carbonyl (C=O) groups excluding carboxylic acids is 1. The van der Waals surface area contributed by atoms with Gasteiger partial charge < -0.3 is 10.7 Å². The molecule has 0 spiro atoms. The largest absolute Gasteiger partial charge is 0.398 e. The summed E-state index contributed by atoms with van der Waals surface area (Å²) in [5, 5.41) is 5.11. The number of nitrogen functional groups attached to an aromatic ring is 1. The zero-order valence-electron chi connectivity index (χ0n) is 12.1. The number of carbonyl (C=O) groups is 1. The van der Waals surface area contributed by atoms with E-state index in [2.05, 4.69) is 15.5 Å². The molecule has 22 heavy (non-hydrogen) atoms. The topological polar surface area (TPSA) is 83.3 Å². The lowest BCUT2D eigenvalue weighted by atomic mass is 10.1. The number of hydrogen-bond acceptors (Lipinski definition) is 3. The predicted octanol–water partition coefficient (Wildman–Crippen LogP) is 2.90. The van der Waals surface area contributed by atoms with E-state index in [9.17, 15) is 4.79 Å². The standard InChI is InChI=1S/C17H16N4O/c1-11(13-7-3-4-8-14(13)18)20-21-17(22)16-10-12-6-2-5-9-15(12)19-16/h2-10,19H,18H2,1H3,(H,21,22)/b20-11+. The SMILES string of the molecule is C/C(=N\NC(=O)c1cc2ccccc2[nH]1)c1ccccc1N. The molecule has 0 aliphatic carbocycles. The van der Waals surface area contributed by atoms with Crippen LogP contribution in [0.1, 0.15) is 23.0 Å². The molecule has 3 aromatic rings. The number of benzene rings is 2. The lowest BCUT2D eigenvalue weighted by Crippen LogP contribution is -2.19. The molecule has 1 amide bonds. The Bertz CT molecular complexity index is 831. The lowest BCUT2D eigenvalue weighted by molar-refractivity contribution is 0.0950. The highest BCUT2D eigenvalue weighted by Crippen LogP contribution is 2.15. The summed E-state index contributed by atoms with van der Waals surface area (Å²) >= 11 is 0. The van der Waals surface area contributed by atoms with Gasteiger partial charge in [-0.1, -0.05) is 36.4 Å². The molecule has 0 aliphatic rings. The molecule has 0 aliphatic heterocycles. The summed E-state index contributed by atoms with van der Waals surface area (Å²) in [7, 11) is 0. The Kier molecular flexibility index (Phi) is 3.62. The summed E-state index contributed by atoms with van der Waals surface area (Å²) in [6.45, 7) is 1.80. The van der Waals surface area contributed by atoms with Crippen LogP contribution in [-0.2, 0) is 0 Å². The molecular weight excluding hydrogens is 276 g/mol. The van der Waals surface area contributed by atoms with Crippen molar-refractivity contribution in [2.24, 2.45) is 5.10 Å². The van der Waals surface area contributed by atoms with Gasteiger partial charge in [0.25, 0.3) is 5.91 Å². The quantitative estimate of drug-likeness (QED) is 0.394. The minimum atomic E-state index is -0.287. The molecule has 0 atom stereocenters. The van der Waals surface area contributed by atoms with Crippen LogP contribution in [0.2, 0.25) is 0 Å². The van der Waals surface area contributed by atoms with E-state index in [0.717, 1.165) is 16.5 Å². The fourth-order valence-corrected chi connectivity index (χ4v) is 2.28. The molecular formula is C17H16N4O. The number of para-hydroxylation sites is 2. The number of nitrogens with two attached hydrogens (primary N) is 1. The van der Waals surface area contributed by atoms with Gasteiger partial charge in [-0.15, -0.1) is 0 Å². The second kappa shape index (κ2) is 5.73. The first kappa shape index (κ1) is 13.9. The fraction of sp³-hybridized carbons (Fsp3) is 0.0588. The summed E-state index contributed by atoms with van der Waals surface area (Å²) in [5.41, 5.74) is 11.9. The Balaban J connectivity index is 1.79. The number of amides is 1. The maximum absolute atomic E-state index is 12.2. The average molecular weight is 292 g/mol. The van der Waals surface area contributed by atoms with Crippen molar-refractivity contribution in [3.63, 3.8) is 0 Å². The maximum Gasteiger partial charge on any atom is 0.287 e. The molecule has 1 aromatic heterocycles. The molecule has 0 unspecified atom stereocenters. The Hall–Kier alpha value is -3.08. The number of hydrazone groups is 1. The number of aromatic nitrogens is 1. The first-order chi connectivity index (χ1) is 10.6. The van der Waals surface area contributed by atoms with Gasteiger partial charge in [0.05, 0.1) is 5.71 Å². The third-order valence-corrected chi connectivity index (χ3v) is 3.45. The Morgan fingerprint density at radius 2 is 1.86 bits per heavy atom. The maximum atomic E-state index is 12.2. The van der Waals surface area contributed by atoms with E-state index in [1.165, 1.54) is 0 Å². The van der Waals surface area contributed by atoms with E-state index in [-0.39, 0.29) is 5.91 Å². The van der Waals surface area contributed by atoms with E-state index in [0.29, 0.717) is 17.1 Å². The highest BCUT2D eigenvalue weighted by atomic mass is 16.2. The molecule has 2 aromatic carbocycles. The zero-order chi connectivity index (χ0) is 15.5. The van der Waals surface area contributed by atoms with Crippen molar-refractivity contribution in [1.29, 1.82) is 0 Å². The monoisotopic (exact) mass is 292 g/mol. The van der Waals surface area contributed by atoms with E-state index in [1.807, 2.05) is 42.5 Å². The minimum Gasteiger partial charge on any atom is -0.398 e. The number of hydrogen-bond donors (Lipinski definition) is 3. The number of nitrogens with zero attached hydrogens (tertiary/aromatic N) is 1. The average Bonchev–Trinajstić information content (AvgIpc) is 2.97. The highest BCUT2D eigenvalue weighted by Gasteiger charge is 2.09. The number of fused-ring (bicyclic) bond motifs is 1. The van der Waals surface area contributed by atoms with Gasteiger partial charge in [0.15, 0.2) is 0 Å². The van der Waals surface area contributed by atoms with Crippen molar-refractivity contribution in [1.82, 2.24) is 10.4 Å². The summed E-state index contributed by atoms with van der Waals surface area (Å²) in [6.07, 6.45) is 0. The van der Waals surface area contributed by atoms with Gasteiger partial charge in [-0.3, -0.25) is 4.79 Å². The molecule has 0 saturated carbocycles. The zero-order valence-corrected chi connectivity index (χ0v) is 12.1. The van der Waals surface area contributed by atoms with Crippen LogP contribution in [0, 0.1) is 0 Å². The smallest absolute Gasteiger partial charge is 0.287 e. The molecule has 0 radical (unpaired) electrons. The normalized spacial score (nSPS) is 11.6. The molecule has 0 bridgehead atoms. The molecule has 0 saturated heterocycles.